The highest BCUT2D eigenvalue weighted by atomic mass is 16.4. The summed E-state index contributed by atoms with van der Waals surface area (Å²) < 4.78 is 0. The highest BCUT2D eigenvalue weighted by molar-refractivity contribution is 5.79. The van der Waals surface area contributed by atoms with Crippen molar-refractivity contribution in [1.82, 2.24) is 15.5 Å². The smallest absolute Gasteiger partial charge is 0.317 e. The van der Waals surface area contributed by atoms with E-state index in [2.05, 4.69) is 10.6 Å². The van der Waals surface area contributed by atoms with Gasteiger partial charge in [-0.3, -0.25) is 9.59 Å². The van der Waals surface area contributed by atoms with E-state index in [9.17, 15) is 14.4 Å². The molecule has 0 spiro atoms. The van der Waals surface area contributed by atoms with Gasteiger partial charge in [0.1, 0.15) is 0 Å². The maximum Gasteiger partial charge on any atom is 0.317 e. The van der Waals surface area contributed by atoms with E-state index in [0.29, 0.717) is 26.1 Å². The fraction of sp³-hybridized carbons (Fsp3) is 0.769. The van der Waals surface area contributed by atoms with Crippen molar-refractivity contribution in [3.05, 3.63) is 0 Å². The molecule has 0 aromatic heterocycles. The number of carbonyl (C=O) groups excluding carboxylic acids is 2. The minimum atomic E-state index is -0.773. The quantitative estimate of drug-likeness (QED) is 0.684. The van der Waals surface area contributed by atoms with Gasteiger partial charge in [-0.05, 0) is 25.2 Å². The molecular formula is C13H21N3O4. The molecule has 3 amide bonds. The van der Waals surface area contributed by atoms with Gasteiger partial charge in [-0.15, -0.1) is 0 Å². The van der Waals surface area contributed by atoms with Gasteiger partial charge in [-0.2, -0.15) is 0 Å². The second kappa shape index (κ2) is 6.58. The lowest BCUT2D eigenvalue weighted by Crippen LogP contribution is -2.47. The predicted molar refractivity (Wildman–Crippen MR) is 71.1 cm³/mol. The van der Waals surface area contributed by atoms with Crippen molar-refractivity contribution in [1.29, 1.82) is 0 Å². The fourth-order valence-corrected chi connectivity index (χ4v) is 2.74. The van der Waals surface area contributed by atoms with E-state index in [-0.39, 0.29) is 30.3 Å². The number of amides is 3. The molecule has 1 unspecified atom stereocenters. The van der Waals surface area contributed by atoms with E-state index in [1.807, 2.05) is 0 Å². The van der Waals surface area contributed by atoms with Crippen molar-refractivity contribution >= 4 is 17.9 Å². The van der Waals surface area contributed by atoms with E-state index in [4.69, 9.17) is 5.11 Å². The van der Waals surface area contributed by atoms with Crippen LogP contribution in [0.15, 0.2) is 0 Å². The maximum absolute atomic E-state index is 12.0. The number of carbonyl (C=O) groups is 3. The van der Waals surface area contributed by atoms with Gasteiger partial charge in [-0.25, -0.2) is 4.79 Å². The van der Waals surface area contributed by atoms with Crippen molar-refractivity contribution in [2.45, 2.75) is 38.1 Å². The summed E-state index contributed by atoms with van der Waals surface area (Å²) in [4.78, 5) is 35.3. The van der Waals surface area contributed by atoms with Crippen LogP contribution >= 0.6 is 0 Å². The van der Waals surface area contributed by atoms with Crippen molar-refractivity contribution in [2.24, 2.45) is 5.92 Å². The number of nitrogens with one attached hydrogen (secondary N) is 2. The zero-order valence-corrected chi connectivity index (χ0v) is 11.4. The predicted octanol–water partition coefficient (Wildman–Crippen LogP) is 0.161. The molecule has 7 heteroatoms. The summed E-state index contributed by atoms with van der Waals surface area (Å²) in [5.74, 6) is -0.561. The molecule has 2 fully saturated rings. The summed E-state index contributed by atoms with van der Waals surface area (Å²) in [7, 11) is 0. The summed E-state index contributed by atoms with van der Waals surface area (Å²) in [5.41, 5.74) is 0. The molecule has 2 aliphatic heterocycles. The summed E-state index contributed by atoms with van der Waals surface area (Å²) in [6, 6.07) is -0.0871. The molecule has 3 N–H and O–H groups in total. The number of hydrogen-bond donors (Lipinski definition) is 3. The average Bonchev–Trinajstić information content (AvgIpc) is 2.82. The number of aliphatic carboxylic acids is 1. The van der Waals surface area contributed by atoms with Crippen molar-refractivity contribution in [3.8, 4) is 0 Å². The Morgan fingerprint density at radius 2 is 2.00 bits per heavy atom. The minimum Gasteiger partial charge on any atom is -0.481 e. The van der Waals surface area contributed by atoms with Crippen LogP contribution in [0.5, 0.6) is 0 Å². The monoisotopic (exact) mass is 283 g/mol. The van der Waals surface area contributed by atoms with Crippen LogP contribution in [0.25, 0.3) is 0 Å². The lowest BCUT2D eigenvalue weighted by atomic mass is 9.94. The van der Waals surface area contributed by atoms with Gasteiger partial charge >= 0.3 is 12.0 Å². The van der Waals surface area contributed by atoms with Crippen LogP contribution in [0, 0.1) is 5.92 Å². The molecule has 0 aliphatic carbocycles. The Morgan fingerprint density at radius 1 is 1.30 bits per heavy atom. The third kappa shape index (κ3) is 4.11. The Balaban J connectivity index is 1.66. The van der Waals surface area contributed by atoms with Gasteiger partial charge < -0.3 is 20.6 Å². The lowest BCUT2D eigenvalue weighted by molar-refractivity contribution is -0.138. The summed E-state index contributed by atoms with van der Waals surface area (Å²) >= 11 is 0. The third-order valence-electron chi connectivity index (χ3n) is 3.95. The molecule has 0 aromatic carbocycles. The normalized spacial score (nSPS) is 23.5. The van der Waals surface area contributed by atoms with Gasteiger partial charge in [0.25, 0.3) is 0 Å². The van der Waals surface area contributed by atoms with E-state index in [1.165, 1.54) is 0 Å². The number of hydrogen-bond acceptors (Lipinski definition) is 3. The molecule has 1 atom stereocenters. The lowest BCUT2D eigenvalue weighted by Gasteiger charge is -2.31. The molecule has 0 bridgehead atoms. The van der Waals surface area contributed by atoms with Gasteiger partial charge in [0.2, 0.25) is 5.91 Å². The SMILES string of the molecule is O=C(O)CC1CCN(C(=O)NCC2CCC(=O)N2)CC1. The molecule has 2 rings (SSSR count). The van der Waals surface area contributed by atoms with Crippen molar-refractivity contribution in [3.63, 3.8) is 0 Å². The number of nitrogens with zero attached hydrogens (tertiary/aromatic N) is 1. The largest absolute Gasteiger partial charge is 0.481 e. The first-order valence-electron chi connectivity index (χ1n) is 7.08. The molecule has 0 saturated carbocycles. The Hall–Kier alpha value is -1.79. The van der Waals surface area contributed by atoms with Crippen LogP contribution in [0.2, 0.25) is 0 Å². The molecule has 112 valence electrons. The Kier molecular flexibility index (Phi) is 4.81. The van der Waals surface area contributed by atoms with Crippen LogP contribution in [0.3, 0.4) is 0 Å². The highest BCUT2D eigenvalue weighted by Gasteiger charge is 2.26. The molecule has 0 aromatic rings. The first-order valence-corrected chi connectivity index (χ1v) is 7.08. The minimum absolute atomic E-state index is 0.0380. The zero-order chi connectivity index (χ0) is 14.5. The van der Waals surface area contributed by atoms with E-state index < -0.39 is 5.97 Å². The topological polar surface area (TPSA) is 98.7 Å². The van der Waals surface area contributed by atoms with Crippen LogP contribution < -0.4 is 10.6 Å². The number of rotatable bonds is 4. The average molecular weight is 283 g/mol. The van der Waals surface area contributed by atoms with Gasteiger partial charge in [0, 0.05) is 38.5 Å². The molecule has 20 heavy (non-hydrogen) atoms. The van der Waals surface area contributed by atoms with Gasteiger partial charge in [-0.1, -0.05) is 0 Å². The van der Waals surface area contributed by atoms with Crippen LogP contribution in [-0.4, -0.2) is 53.6 Å². The summed E-state index contributed by atoms with van der Waals surface area (Å²) in [6.07, 6.45) is 2.95. The van der Waals surface area contributed by atoms with E-state index in [0.717, 1.165) is 19.3 Å². The van der Waals surface area contributed by atoms with Crippen LogP contribution in [0.1, 0.15) is 32.1 Å². The highest BCUT2D eigenvalue weighted by Crippen LogP contribution is 2.20. The molecule has 2 heterocycles. The maximum atomic E-state index is 12.0. The second-order valence-corrected chi connectivity index (χ2v) is 5.52. The summed E-state index contributed by atoms with van der Waals surface area (Å²) in [5, 5.41) is 14.4. The fourth-order valence-electron chi connectivity index (χ4n) is 2.74. The van der Waals surface area contributed by atoms with Crippen LogP contribution in [0.4, 0.5) is 4.79 Å². The van der Waals surface area contributed by atoms with Gasteiger partial charge in [0.05, 0.1) is 0 Å². The Labute approximate surface area is 117 Å². The molecule has 7 nitrogen and oxygen atoms in total. The van der Waals surface area contributed by atoms with E-state index in [1.54, 1.807) is 4.90 Å². The Morgan fingerprint density at radius 3 is 2.55 bits per heavy atom. The number of carboxylic acid groups (broad SMARTS) is 1. The molecular weight excluding hydrogens is 262 g/mol. The number of piperidine rings is 1. The van der Waals surface area contributed by atoms with Crippen molar-refractivity contribution in [2.75, 3.05) is 19.6 Å². The standard InChI is InChI=1S/C13H21N3O4/c17-11-2-1-10(15-11)8-14-13(20)16-5-3-9(4-6-16)7-12(18)19/h9-10H,1-8H2,(H,14,20)(H,15,17)(H,18,19). The zero-order valence-electron chi connectivity index (χ0n) is 11.4. The third-order valence-corrected chi connectivity index (χ3v) is 3.95. The van der Waals surface area contributed by atoms with Gasteiger partial charge in [0.15, 0.2) is 0 Å². The molecule has 2 saturated heterocycles. The molecule has 0 radical (unpaired) electrons. The second-order valence-electron chi connectivity index (χ2n) is 5.52. The Bertz CT molecular complexity index is 391. The number of urea groups is 1. The number of carboxylic acids is 1. The first kappa shape index (κ1) is 14.6. The first-order chi connectivity index (χ1) is 9.54. The molecule has 2 aliphatic rings. The van der Waals surface area contributed by atoms with Crippen LogP contribution in [-0.2, 0) is 9.59 Å². The van der Waals surface area contributed by atoms with E-state index >= 15 is 0 Å². The van der Waals surface area contributed by atoms with Crippen molar-refractivity contribution < 1.29 is 19.5 Å². The number of likely N-dealkylation sites (tertiary alicyclic amines) is 1. The summed E-state index contributed by atoms with van der Waals surface area (Å²) in [6.45, 7) is 1.65.